The summed E-state index contributed by atoms with van der Waals surface area (Å²) in [6, 6.07) is 1.24. The first-order valence-corrected chi connectivity index (χ1v) is 8.86. The van der Waals surface area contributed by atoms with Gasteiger partial charge in [0.25, 0.3) is 0 Å². The predicted octanol–water partition coefficient (Wildman–Crippen LogP) is 2.17. The van der Waals surface area contributed by atoms with Crippen LogP contribution in [0, 0.1) is 0 Å². The zero-order valence-corrected chi connectivity index (χ0v) is 18.8. The summed E-state index contributed by atoms with van der Waals surface area (Å²) in [5.74, 6) is 0.795. The normalized spacial score (nSPS) is 16.0. The van der Waals surface area contributed by atoms with Crippen LogP contribution < -0.4 is 16.0 Å². The van der Waals surface area contributed by atoms with Crippen molar-refractivity contribution in [3.05, 3.63) is 0 Å². The van der Waals surface area contributed by atoms with Gasteiger partial charge in [0.05, 0.1) is 0 Å². The first-order valence-electron chi connectivity index (χ1n) is 8.86. The van der Waals surface area contributed by atoms with Gasteiger partial charge in [0, 0.05) is 38.8 Å². The zero-order chi connectivity index (χ0) is 18.2. The van der Waals surface area contributed by atoms with Crippen LogP contribution in [-0.2, 0) is 4.74 Å². The topological polar surface area (TPSA) is 78.0 Å². The highest BCUT2D eigenvalue weighted by atomic mass is 127. The Morgan fingerprint density at radius 3 is 2.36 bits per heavy atom. The summed E-state index contributed by atoms with van der Waals surface area (Å²) >= 11 is 0. The van der Waals surface area contributed by atoms with Gasteiger partial charge >= 0.3 is 6.09 Å². The van der Waals surface area contributed by atoms with Crippen molar-refractivity contribution in [1.82, 2.24) is 20.9 Å². The maximum absolute atomic E-state index is 11.5. The number of rotatable bonds is 8. The molecule has 0 aromatic carbocycles. The number of nitrogens with one attached hydrogen (secondary N) is 3. The van der Waals surface area contributed by atoms with Crippen LogP contribution in [0.2, 0.25) is 0 Å². The van der Waals surface area contributed by atoms with Gasteiger partial charge in [-0.2, -0.15) is 0 Å². The third kappa shape index (κ3) is 11.5. The largest absolute Gasteiger partial charge is 0.444 e. The molecule has 7 nitrogen and oxygen atoms in total. The summed E-state index contributed by atoms with van der Waals surface area (Å²) in [7, 11) is 3.95. The maximum atomic E-state index is 11.5. The first kappa shape index (κ1) is 24.2. The van der Waals surface area contributed by atoms with Gasteiger partial charge in [0.15, 0.2) is 5.96 Å². The Morgan fingerprint density at radius 1 is 1.24 bits per heavy atom. The number of hydrogen-bond acceptors (Lipinski definition) is 4. The van der Waals surface area contributed by atoms with E-state index in [1.54, 1.807) is 7.05 Å². The fraction of sp³-hybridized carbons (Fsp3) is 0.882. The van der Waals surface area contributed by atoms with E-state index in [4.69, 9.17) is 4.74 Å². The third-order valence-electron chi connectivity index (χ3n) is 3.92. The van der Waals surface area contributed by atoms with Crippen LogP contribution >= 0.6 is 24.0 Å². The van der Waals surface area contributed by atoms with Gasteiger partial charge in [-0.25, -0.2) is 4.79 Å². The molecule has 0 heterocycles. The quantitative estimate of drug-likeness (QED) is 0.220. The highest BCUT2D eigenvalue weighted by Crippen LogP contribution is 2.26. The van der Waals surface area contributed by atoms with Crippen LogP contribution in [0.4, 0.5) is 4.79 Å². The molecule has 25 heavy (non-hydrogen) atoms. The fourth-order valence-corrected chi connectivity index (χ4v) is 2.25. The fourth-order valence-electron chi connectivity index (χ4n) is 2.25. The number of halogens is 1. The Kier molecular flexibility index (Phi) is 11.4. The van der Waals surface area contributed by atoms with Crippen LogP contribution in [0.5, 0.6) is 0 Å². The molecule has 0 aliphatic heterocycles. The summed E-state index contributed by atoms with van der Waals surface area (Å²) in [5, 5.41) is 9.35. The monoisotopic (exact) mass is 469 g/mol. The minimum Gasteiger partial charge on any atom is -0.444 e. The molecule has 3 N–H and O–H groups in total. The molecule has 1 rings (SSSR count). The number of guanidine groups is 1. The molecule has 1 aliphatic rings. The number of amides is 1. The molecule has 1 saturated carbocycles. The van der Waals surface area contributed by atoms with Crippen molar-refractivity contribution in [1.29, 1.82) is 0 Å². The molecule has 1 fully saturated rings. The van der Waals surface area contributed by atoms with Gasteiger partial charge in [-0.1, -0.05) is 0 Å². The Balaban J connectivity index is 0.00000576. The van der Waals surface area contributed by atoms with E-state index < -0.39 is 5.60 Å². The van der Waals surface area contributed by atoms with Gasteiger partial charge in [-0.05, 0) is 54.0 Å². The minimum absolute atomic E-state index is 0. The van der Waals surface area contributed by atoms with Crippen molar-refractivity contribution in [2.24, 2.45) is 4.99 Å². The maximum Gasteiger partial charge on any atom is 0.407 e. The zero-order valence-electron chi connectivity index (χ0n) is 16.5. The van der Waals surface area contributed by atoms with Crippen LogP contribution in [0.3, 0.4) is 0 Å². The minimum atomic E-state index is -0.460. The molecule has 1 aliphatic carbocycles. The van der Waals surface area contributed by atoms with Gasteiger partial charge < -0.3 is 20.7 Å². The standard InChI is InChI=1S/C17H35N5O2.HI/c1-13(22(6)14-8-9-14)12-21-15(18-5)19-10-7-11-20-16(23)24-17(2,3)4;/h13-14H,7-12H2,1-6H3,(H,20,23)(H2,18,19,21);1H. The average molecular weight is 469 g/mol. The van der Waals surface area contributed by atoms with E-state index in [9.17, 15) is 4.79 Å². The molecule has 0 bridgehead atoms. The summed E-state index contributed by atoms with van der Waals surface area (Å²) in [6.07, 6.45) is 3.07. The van der Waals surface area contributed by atoms with Gasteiger partial charge in [0.1, 0.15) is 5.60 Å². The molecular weight excluding hydrogens is 433 g/mol. The van der Waals surface area contributed by atoms with Crippen LogP contribution in [0.1, 0.15) is 47.0 Å². The van der Waals surface area contributed by atoms with Gasteiger partial charge in [-0.15, -0.1) is 24.0 Å². The first-order chi connectivity index (χ1) is 11.2. The second-order valence-electron chi connectivity index (χ2n) is 7.41. The summed E-state index contributed by atoms with van der Waals surface area (Å²) in [6.45, 7) is 9.95. The van der Waals surface area contributed by atoms with Crippen molar-refractivity contribution in [3.63, 3.8) is 0 Å². The van der Waals surface area contributed by atoms with Crippen molar-refractivity contribution in [2.45, 2.75) is 64.6 Å². The molecule has 1 amide bonds. The number of hydrogen-bond donors (Lipinski definition) is 3. The van der Waals surface area contributed by atoms with Crippen LogP contribution in [0.15, 0.2) is 4.99 Å². The SMILES string of the molecule is CN=C(NCCCNC(=O)OC(C)(C)C)NCC(C)N(C)C1CC1.I. The highest BCUT2D eigenvalue weighted by Gasteiger charge is 2.28. The van der Waals surface area contributed by atoms with Crippen molar-refractivity contribution < 1.29 is 9.53 Å². The molecule has 0 radical (unpaired) electrons. The predicted molar refractivity (Wildman–Crippen MR) is 114 cm³/mol. The Labute approximate surface area is 169 Å². The van der Waals surface area contributed by atoms with Crippen LogP contribution in [0.25, 0.3) is 0 Å². The van der Waals surface area contributed by atoms with E-state index in [-0.39, 0.29) is 30.1 Å². The Hall–Kier alpha value is -0.770. The summed E-state index contributed by atoms with van der Waals surface area (Å²) in [5.41, 5.74) is -0.460. The Morgan fingerprint density at radius 2 is 1.84 bits per heavy atom. The van der Waals surface area contributed by atoms with E-state index in [2.05, 4.69) is 39.8 Å². The summed E-state index contributed by atoms with van der Waals surface area (Å²) < 4.78 is 5.19. The van der Waals surface area contributed by atoms with Crippen LogP contribution in [-0.4, -0.2) is 68.4 Å². The number of aliphatic imine (C=N–C) groups is 1. The lowest BCUT2D eigenvalue weighted by Gasteiger charge is -2.25. The molecule has 1 atom stereocenters. The highest BCUT2D eigenvalue weighted by molar-refractivity contribution is 14.0. The number of ether oxygens (including phenoxy) is 1. The van der Waals surface area contributed by atoms with E-state index in [1.807, 2.05) is 20.8 Å². The average Bonchev–Trinajstić information content (AvgIpc) is 3.31. The van der Waals surface area contributed by atoms with E-state index in [0.29, 0.717) is 12.6 Å². The Bertz CT molecular complexity index is 422. The number of carbonyl (C=O) groups excluding carboxylic acids is 1. The molecule has 0 aromatic heterocycles. The van der Waals surface area contributed by atoms with Crippen molar-refractivity contribution in [2.75, 3.05) is 33.7 Å². The lowest BCUT2D eigenvalue weighted by molar-refractivity contribution is 0.0527. The van der Waals surface area contributed by atoms with E-state index in [0.717, 1.165) is 31.5 Å². The molecule has 0 saturated heterocycles. The van der Waals surface area contributed by atoms with Crippen molar-refractivity contribution in [3.8, 4) is 0 Å². The lowest BCUT2D eigenvalue weighted by atomic mass is 10.2. The second-order valence-corrected chi connectivity index (χ2v) is 7.41. The van der Waals surface area contributed by atoms with E-state index in [1.165, 1.54) is 12.8 Å². The molecule has 1 unspecified atom stereocenters. The number of likely N-dealkylation sites (N-methyl/N-ethyl adjacent to an activating group) is 1. The molecular formula is C17H36IN5O2. The molecule has 148 valence electrons. The smallest absolute Gasteiger partial charge is 0.407 e. The lowest BCUT2D eigenvalue weighted by Crippen LogP contribution is -2.45. The number of nitrogens with zero attached hydrogens (tertiary/aromatic N) is 2. The van der Waals surface area contributed by atoms with Crippen molar-refractivity contribution >= 4 is 36.0 Å². The third-order valence-corrected chi connectivity index (χ3v) is 3.92. The van der Waals surface area contributed by atoms with E-state index >= 15 is 0 Å². The number of alkyl carbamates (subject to hydrolysis) is 1. The molecule has 0 aromatic rings. The van der Waals surface area contributed by atoms with Gasteiger partial charge in [0.2, 0.25) is 0 Å². The number of carbonyl (C=O) groups is 1. The van der Waals surface area contributed by atoms with Gasteiger partial charge in [-0.3, -0.25) is 9.89 Å². The second kappa shape index (κ2) is 11.8. The molecule has 8 heteroatoms. The summed E-state index contributed by atoms with van der Waals surface area (Å²) in [4.78, 5) is 18.2. The molecule has 0 spiro atoms.